The highest BCUT2D eigenvalue weighted by atomic mass is 32.1. The lowest BCUT2D eigenvalue weighted by molar-refractivity contribution is 0.636. The summed E-state index contributed by atoms with van der Waals surface area (Å²) in [4.78, 5) is 23.6. The van der Waals surface area contributed by atoms with Crippen molar-refractivity contribution in [2.24, 2.45) is 0 Å². The molecule has 1 fully saturated rings. The third-order valence-electron chi connectivity index (χ3n) is 5.13. The van der Waals surface area contributed by atoms with Gasteiger partial charge in [-0.15, -0.1) is 11.3 Å². The number of rotatable bonds is 3. The van der Waals surface area contributed by atoms with Gasteiger partial charge in [-0.3, -0.25) is 0 Å². The Hall–Kier alpha value is -3.06. The van der Waals surface area contributed by atoms with Gasteiger partial charge in [0.15, 0.2) is 0 Å². The predicted octanol–water partition coefficient (Wildman–Crippen LogP) is 3.78. The number of thiophene rings is 1. The standard InChI is InChI=1S/C21H20N6S/c1-15-3-5-16(6-4-15)17-13-28-20-18(17)19(24-14-25-20)26-9-11-27(12-10-26)21-22-7-2-8-23-21/h2-8,13-14H,9-12H2,1H3. The molecule has 1 saturated heterocycles. The molecule has 7 heteroatoms. The Morgan fingerprint density at radius 2 is 1.57 bits per heavy atom. The summed E-state index contributed by atoms with van der Waals surface area (Å²) in [6.07, 6.45) is 5.27. The van der Waals surface area contributed by atoms with Crippen LogP contribution in [-0.4, -0.2) is 46.1 Å². The summed E-state index contributed by atoms with van der Waals surface area (Å²) >= 11 is 1.68. The summed E-state index contributed by atoms with van der Waals surface area (Å²) < 4.78 is 0. The second-order valence-electron chi connectivity index (χ2n) is 6.92. The number of fused-ring (bicyclic) bond motifs is 1. The van der Waals surface area contributed by atoms with Gasteiger partial charge >= 0.3 is 0 Å². The highest BCUT2D eigenvalue weighted by molar-refractivity contribution is 7.17. The lowest BCUT2D eigenvalue weighted by atomic mass is 10.0. The molecule has 1 aromatic carbocycles. The molecule has 0 spiro atoms. The van der Waals surface area contributed by atoms with E-state index in [1.165, 1.54) is 16.7 Å². The molecule has 0 aliphatic carbocycles. The number of aryl methyl sites for hydroxylation is 1. The molecular formula is C21H20N6S. The molecule has 3 aromatic heterocycles. The van der Waals surface area contributed by atoms with E-state index < -0.39 is 0 Å². The molecule has 0 atom stereocenters. The van der Waals surface area contributed by atoms with Gasteiger partial charge in [0.1, 0.15) is 17.0 Å². The molecule has 4 aromatic rings. The molecule has 0 saturated carbocycles. The summed E-state index contributed by atoms with van der Waals surface area (Å²) in [6.45, 7) is 5.63. The van der Waals surface area contributed by atoms with Crippen molar-refractivity contribution in [1.82, 2.24) is 19.9 Å². The Morgan fingerprint density at radius 3 is 2.32 bits per heavy atom. The van der Waals surface area contributed by atoms with Crippen LogP contribution in [0.3, 0.4) is 0 Å². The van der Waals surface area contributed by atoms with E-state index in [-0.39, 0.29) is 0 Å². The average Bonchev–Trinajstić information content (AvgIpc) is 3.19. The first-order chi connectivity index (χ1) is 13.8. The van der Waals surface area contributed by atoms with Crippen LogP contribution in [0.25, 0.3) is 21.3 Å². The van der Waals surface area contributed by atoms with Gasteiger partial charge in [-0.05, 0) is 18.6 Å². The first-order valence-corrected chi connectivity index (χ1v) is 10.2. The van der Waals surface area contributed by atoms with Gasteiger partial charge in [0.25, 0.3) is 0 Å². The Balaban J connectivity index is 1.47. The fraction of sp³-hybridized carbons (Fsp3) is 0.238. The van der Waals surface area contributed by atoms with Crippen molar-refractivity contribution in [2.75, 3.05) is 36.0 Å². The van der Waals surface area contributed by atoms with E-state index in [2.05, 4.69) is 66.3 Å². The third-order valence-corrected chi connectivity index (χ3v) is 6.01. The Bertz CT molecular complexity index is 1090. The summed E-state index contributed by atoms with van der Waals surface area (Å²) in [7, 11) is 0. The van der Waals surface area contributed by atoms with Crippen molar-refractivity contribution in [3.05, 3.63) is 60.0 Å². The van der Waals surface area contributed by atoms with E-state index in [1.54, 1.807) is 30.1 Å². The third kappa shape index (κ3) is 3.07. The lowest BCUT2D eigenvalue weighted by Crippen LogP contribution is -2.47. The van der Waals surface area contributed by atoms with Crippen LogP contribution in [0.15, 0.2) is 54.4 Å². The van der Waals surface area contributed by atoms with Crippen LogP contribution in [0.5, 0.6) is 0 Å². The molecular weight excluding hydrogens is 368 g/mol. The van der Waals surface area contributed by atoms with Crippen molar-refractivity contribution in [3.8, 4) is 11.1 Å². The smallest absolute Gasteiger partial charge is 0.225 e. The molecule has 1 aliphatic rings. The van der Waals surface area contributed by atoms with Gasteiger partial charge in [-0.2, -0.15) is 0 Å². The van der Waals surface area contributed by atoms with Crippen LogP contribution in [0.4, 0.5) is 11.8 Å². The van der Waals surface area contributed by atoms with Gasteiger partial charge in [-0.25, -0.2) is 19.9 Å². The zero-order chi connectivity index (χ0) is 18.9. The van der Waals surface area contributed by atoms with Gasteiger partial charge < -0.3 is 9.80 Å². The number of hydrogen-bond donors (Lipinski definition) is 0. The minimum absolute atomic E-state index is 0.797. The lowest BCUT2D eigenvalue weighted by Gasteiger charge is -2.35. The zero-order valence-electron chi connectivity index (χ0n) is 15.6. The van der Waals surface area contributed by atoms with Gasteiger partial charge in [0.2, 0.25) is 5.95 Å². The minimum Gasteiger partial charge on any atom is -0.352 e. The van der Waals surface area contributed by atoms with Crippen molar-refractivity contribution < 1.29 is 0 Å². The van der Waals surface area contributed by atoms with E-state index >= 15 is 0 Å². The normalized spacial score (nSPS) is 14.6. The topological polar surface area (TPSA) is 58.0 Å². The van der Waals surface area contributed by atoms with Crippen molar-refractivity contribution in [3.63, 3.8) is 0 Å². The van der Waals surface area contributed by atoms with Crippen molar-refractivity contribution in [1.29, 1.82) is 0 Å². The molecule has 0 N–H and O–H groups in total. The van der Waals surface area contributed by atoms with E-state index in [0.717, 1.165) is 48.2 Å². The summed E-state index contributed by atoms with van der Waals surface area (Å²) in [5.41, 5.74) is 3.69. The highest BCUT2D eigenvalue weighted by Gasteiger charge is 2.23. The average molecular weight is 389 g/mol. The maximum atomic E-state index is 4.68. The maximum absolute atomic E-state index is 4.68. The monoisotopic (exact) mass is 388 g/mol. The second kappa shape index (κ2) is 7.16. The maximum Gasteiger partial charge on any atom is 0.225 e. The molecule has 140 valence electrons. The molecule has 0 bridgehead atoms. The summed E-state index contributed by atoms with van der Waals surface area (Å²) in [6, 6.07) is 10.5. The van der Waals surface area contributed by atoms with Gasteiger partial charge in [0.05, 0.1) is 5.39 Å². The largest absolute Gasteiger partial charge is 0.352 e. The van der Waals surface area contributed by atoms with Crippen LogP contribution in [0.2, 0.25) is 0 Å². The summed E-state index contributed by atoms with van der Waals surface area (Å²) in [5, 5.41) is 3.35. The van der Waals surface area contributed by atoms with Gasteiger partial charge in [-0.1, -0.05) is 29.8 Å². The van der Waals surface area contributed by atoms with E-state index in [0.29, 0.717) is 0 Å². The van der Waals surface area contributed by atoms with Crippen LogP contribution < -0.4 is 9.80 Å². The number of benzene rings is 1. The molecule has 5 rings (SSSR count). The van der Waals surface area contributed by atoms with Gasteiger partial charge in [0, 0.05) is 49.5 Å². The van der Waals surface area contributed by atoms with Crippen LogP contribution in [0, 0.1) is 6.92 Å². The zero-order valence-corrected chi connectivity index (χ0v) is 16.4. The van der Waals surface area contributed by atoms with Crippen LogP contribution >= 0.6 is 11.3 Å². The number of anilines is 2. The van der Waals surface area contributed by atoms with Crippen LogP contribution in [-0.2, 0) is 0 Å². The minimum atomic E-state index is 0.797. The molecule has 0 amide bonds. The molecule has 4 heterocycles. The van der Waals surface area contributed by atoms with Crippen molar-refractivity contribution >= 4 is 33.3 Å². The van der Waals surface area contributed by atoms with E-state index in [9.17, 15) is 0 Å². The van der Waals surface area contributed by atoms with E-state index in [4.69, 9.17) is 0 Å². The quantitative estimate of drug-likeness (QED) is 0.532. The molecule has 1 aliphatic heterocycles. The number of piperazine rings is 1. The SMILES string of the molecule is Cc1ccc(-c2csc3ncnc(N4CCN(c5ncccn5)CC4)c23)cc1. The highest BCUT2D eigenvalue weighted by Crippen LogP contribution is 2.38. The first kappa shape index (κ1) is 17.1. The van der Waals surface area contributed by atoms with E-state index in [1.807, 2.05) is 6.07 Å². The number of aromatic nitrogens is 4. The number of nitrogens with zero attached hydrogens (tertiary/aromatic N) is 6. The Morgan fingerprint density at radius 1 is 0.857 bits per heavy atom. The van der Waals surface area contributed by atoms with Crippen LogP contribution in [0.1, 0.15) is 5.56 Å². The summed E-state index contributed by atoms with van der Waals surface area (Å²) in [5.74, 6) is 1.82. The predicted molar refractivity (Wildman–Crippen MR) is 114 cm³/mol. The fourth-order valence-electron chi connectivity index (χ4n) is 3.62. The Kier molecular flexibility index (Phi) is 4.37. The molecule has 6 nitrogen and oxygen atoms in total. The fourth-order valence-corrected chi connectivity index (χ4v) is 4.53. The number of hydrogen-bond acceptors (Lipinski definition) is 7. The molecule has 0 unspecified atom stereocenters. The Labute approximate surface area is 167 Å². The molecule has 28 heavy (non-hydrogen) atoms. The first-order valence-electron chi connectivity index (χ1n) is 9.36. The second-order valence-corrected chi connectivity index (χ2v) is 7.77. The van der Waals surface area contributed by atoms with Crippen molar-refractivity contribution in [2.45, 2.75) is 6.92 Å². The molecule has 0 radical (unpaired) electrons.